The van der Waals surface area contributed by atoms with Crippen molar-refractivity contribution in [1.29, 1.82) is 0 Å². The van der Waals surface area contributed by atoms with Gasteiger partial charge in [-0.15, -0.1) is 0 Å². The standard InChI is InChI=1S/C17H12S/c1-3-8-16(9-4-1)12-7-14-18-15-13-17-10-5-2-6-11-17/h1-6,8-11H,14H2. The fourth-order valence-corrected chi connectivity index (χ4v) is 1.75. The van der Waals surface area contributed by atoms with E-state index >= 15 is 0 Å². The van der Waals surface area contributed by atoms with Crippen molar-refractivity contribution in [2.45, 2.75) is 0 Å². The van der Waals surface area contributed by atoms with Crippen LogP contribution in [0.5, 0.6) is 0 Å². The minimum Gasteiger partial charge on any atom is -0.0859 e. The van der Waals surface area contributed by atoms with Gasteiger partial charge in [0.05, 0.1) is 5.75 Å². The second kappa shape index (κ2) is 7.28. The number of hydrogen-bond acceptors (Lipinski definition) is 1. The van der Waals surface area contributed by atoms with Crippen molar-refractivity contribution in [3.8, 4) is 23.0 Å². The molecule has 0 saturated carbocycles. The SMILES string of the molecule is C(#Cc1ccccc1)CSC#Cc1ccccc1. The molecule has 0 nitrogen and oxygen atoms in total. The van der Waals surface area contributed by atoms with E-state index in [9.17, 15) is 0 Å². The Bertz CT molecular complexity index is 535. The van der Waals surface area contributed by atoms with Gasteiger partial charge in [0.1, 0.15) is 0 Å². The summed E-state index contributed by atoms with van der Waals surface area (Å²) in [5.41, 5.74) is 2.09. The molecule has 0 N–H and O–H groups in total. The van der Waals surface area contributed by atoms with Gasteiger partial charge in [-0.3, -0.25) is 0 Å². The number of hydrogen-bond donors (Lipinski definition) is 0. The Kier molecular flexibility index (Phi) is 5.00. The first-order valence-electron chi connectivity index (χ1n) is 5.67. The Morgan fingerprint density at radius 1 is 0.722 bits per heavy atom. The quantitative estimate of drug-likeness (QED) is 0.546. The Morgan fingerprint density at radius 3 is 1.89 bits per heavy atom. The summed E-state index contributed by atoms with van der Waals surface area (Å²) in [6.45, 7) is 0. The van der Waals surface area contributed by atoms with E-state index in [1.165, 1.54) is 11.8 Å². The van der Waals surface area contributed by atoms with Crippen molar-refractivity contribution in [2.75, 3.05) is 5.75 Å². The first-order valence-corrected chi connectivity index (χ1v) is 6.65. The molecule has 0 radical (unpaired) electrons. The molecule has 86 valence electrons. The maximum Gasteiger partial charge on any atom is 0.0674 e. The van der Waals surface area contributed by atoms with Crippen LogP contribution in [0.15, 0.2) is 60.7 Å². The Labute approximate surface area is 112 Å². The summed E-state index contributed by atoms with van der Waals surface area (Å²) in [6, 6.07) is 20.0. The molecule has 0 atom stereocenters. The lowest BCUT2D eigenvalue weighted by molar-refractivity contribution is 1.64. The summed E-state index contributed by atoms with van der Waals surface area (Å²) in [5, 5.41) is 3.05. The molecule has 0 aromatic heterocycles. The van der Waals surface area contributed by atoms with Crippen LogP contribution >= 0.6 is 11.8 Å². The molecule has 0 unspecified atom stereocenters. The van der Waals surface area contributed by atoms with Crippen LogP contribution in [0.25, 0.3) is 0 Å². The summed E-state index contributed by atoms with van der Waals surface area (Å²) in [5.74, 6) is 10.0. The lowest BCUT2D eigenvalue weighted by atomic mass is 10.2. The van der Waals surface area contributed by atoms with E-state index < -0.39 is 0 Å². The summed E-state index contributed by atoms with van der Waals surface area (Å²) >= 11 is 1.53. The highest BCUT2D eigenvalue weighted by Crippen LogP contribution is 2.00. The van der Waals surface area contributed by atoms with Gasteiger partial charge < -0.3 is 0 Å². The normalized spacial score (nSPS) is 8.67. The van der Waals surface area contributed by atoms with Crippen molar-refractivity contribution in [2.24, 2.45) is 0 Å². The zero-order valence-corrected chi connectivity index (χ0v) is 10.7. The molecular weight excluding hydrogens is 236 g/mol. The summed E-state index contributed by atoms with van der Waals surface area (Å²) in [4.78, 5) is 0. The van der Waals surface area contributed by atoms with Crippen molar-refractivity contribution in [3.05, 3.63) is 71.8 Å². The molecule has 2 rings (SSSR count). The lowest BCUT2D eigenvalue weighted by Gasteiger charge is -1.86. The van der Waals surface area contributed by atoms with Crippen LogP contribution in [-0.4, -0.2) is 5.75 Å². The van der Waals surface area contributed by atoms with Crippen LogP contribution in [0.1, 0.15) is 11.1 Å². The third-order valence-electron chi connectivity index (χ3n) is 2.19. The molecule has 18 heavy (non-hydrogen) atoms. The van der Waals surface area contributed by atoms with Crippen molar-refractivity contribution < 1.29 is 0 Å². The average molecular weight is 248 g/mol. The molecule has 1 heteroatoms. The highest BCUT2D eigenvalue weighted by molar-refractivity contribution is 8.04. The molecule has 0 saturated heterocycles. The Morgan fingerprint density at radius 2 is 1.28 bits per heavy atom. The summed E-state index contributed by atoms with van der Waals surface area (Å²) in [7, 11) is 0. The molecule has 0 aliphatic heterocycles. The van der Waals surface area contributed by atoms with Crippen LogP contribution in [-0.2, 0) is 0 Å². The summed E-state index contributed by atoms with van der Waals surface area (Å²) in [6.07, 6.45) is 0. The van der Waals surface area contributed by atoms with E-state index in [-0.39, 0.29) is 0 Å². The van der Waals surface area contributed by atoms with Gasteiger partial charge in [0, 0.05) is 11.1 Å². The van der Waals surface area contributed by atoms with E-state index in [4.69, 9.17) is 0 Å². The van der Waals surface area contributed by atoms with Gasteiger partial charge in [0.15, 0.2) is 0 Å². The van der Waals surface area contributed by atoms with Gasteiger partial charge in [0.25, 0.3) is 0 Å². The van der Waals surface area contributed by atoms with E-state index in [0.29, 0.717) is 0 Å². The average Bonchev–Trinajstić information content (AvgIpc) is 2.45. The minimum absolute atomic E-state index is 0.731. The smallest absolute Gasteiger partial charge is 0.0674 e. The van der Waals surface area contributed by atoms with Gasteiger partial charge in [-0.25, -0.2) is 0 Å². The zero-order valence-electron chi connectivity index (χ0n) is 9.89. The highest BCUT2D eigenvalue weighted by Gasteiger charge is 1.82. The number of rotatable bonds is 1. The van der Waals surface area contributed by atoms with Gasteiger partial charge in [0.2, 0.25) is 0 Å². The third-order valence-corrected chi connectivity index (χ3v) is 2.73. The van der Waals surface area contributed by atoms with Crippen LogP contribution in [0, 0.1) is 23.0 Å². The number of thioether (sulfide) groups is 1. The first kappa shape index (κ1) is 12.4. The second-order valence-electron chi connectivity index (χ2n) is 3.55. The Balaban J connectivity index is 1.81. The predicted octanol–water partition coefficient (Wildman–Crippen LogP) is 3.78. The second-order valence-corrected chi connectivity index (χ2v) is 4.33. The van der Waals surface area contributed by atoms with Gasteiger partial charge in [-0.2, -0.15) is 0 Å². The fraction of sp³-hybridized carbons (Fsp3) is 0.0588. The molecule has 0 fully saturated rings. The third kappa shape index (κ3) is 4.42. The molecule has 0 aliphatic carbocycles. The number of benzene rings is 2. The van der Waals surface area contributed by atoms with Crippen LogP contribution < -0.4 is 0 Å². The van der Waals surface area contributed by atoms with Crippen molar-refractivity contribution in [1.82, 2.24) is 0 Å². The maximum absolute atomic E-state index is 3.10. The zero-order chi connectivity index (χ0) is 12.5. The van der Waals surface area contributed by atoms with Crippen molar-refractivity contribution >= 4 is 11.8 Å². The van der Waals surface area contributed by atoms with E-state index in [1.807, 2.05) is 60.7 Å². The molecular formula is C17H12S. The molecule has 0 spiro atoms. The van der Waals surface area contributed by atoms with Crippen LogP contribution in [0.2, 0.25) is 0 Å². The van der Waals surface area contributed by atoms with Gasteiger partial charge >= 0.3 is 0 Å². The highest BCUT2D eigenvalue weighted by atomic mass is 32.2. The monoisotopic (exact) mass is 248 g/mol. The van der Waals surface area contributed by atoms with Crippen LogP contribution in [0.3, 0.4) is 0 Å². The molecule has 0 bridgehead atoms. The Hall–Kier alpha value is -2.09. The molecule has 0 aliphatic rings. The predicted molar refractivity (Wildman–Crippen MR) is 79.1 cm³/mol. The molecule has 0 amide bonds. The van der Waals surface area contributed by atoms with Gasteiger partial charge in [-0.05, 0) is 29.5 Å². The topological polar surface area (TPSA) is 0 Å². The summed E-state index contributed by atoms with van der Waals surface area (Å²) < 4.78 is 0. The largest absolute Gasteiger partial charge is 0.0859 e. The fourth-order valence-electron chi connectivity index (χ4n) is 1.35. The minimum atomic E-state index is 0.731. The molecule has 0 heterocycles. The van der Waals surface area contributed by atoms with Gasteiger partial charge in [-0.1, -0.05) is 65.9 Å². The maximum atomic E-state index is 3.10. The molecule has 2 aromatic rings. The molecule has 2 aromatic carbocycles. The lowest BCUT2D eigenvalue weighted by Crippen LogP contribution is -1.73. The van der Waals surface area contributed by atoms with E-state index in [2.05, 4.69) is 23.0 Å². The van der Waals surface area contributed by atoms with E-state index in [0.717, 1.165) is 16.9 Å². The van der Waals surface area contributed by atoms with Crippen molar-refractivity contribution in [3.63, 3.8) is 0 Å². The van der Waals surface area contributed by atoms with Crippen LogP contribution in [0.4, 0.5) is 0 Å². The first-order chi connectivity index (χ1) is 8.95. The van der Waals surface area contributed by atoms with E-state index in [1.54, 1.807) is 0 Å².